The van der Waals surface area contributed by atoms with Crippen LogP contribution in [0.5, 0.6) is 0 Å². The Morgan fingerprint density at radius 3 is 2.33 bits per heavy atom. The Morgan fingerprint density at radius 1 is 1.11 bits per heavy atom. The number of nitro benzene ring substituents is 1. The third-order valence-corrected chi connectivity index (χ3v) is 6.50. The summed E-state index contributed by atoms with van der Waals surface area (Å²) in [6, 6.07) is 5.84. The number of benzene rings is 1. The molecule has 144 valence electrons. The van der Waals surface area contributed by atoms with Crippen LogP contribution in [0.1, 0.15) is 44.9 Å². The molecule has 0 heterocycles. The minimum Gasteiger partial charge on any atom is -0.355 e. The molecular weight excluding hydrogens is 346 g/mol. The van der Waals surface area contributed by atoms with E-state index in [1.165, 1.54) is 37.5 Å². The number of hydrogen-bond donors (Lipinski definition) is 2. The predicted octanol–water partition coefficient (Wildman–Crippen LogP) is 3.26. The van der Waals surface area contributed by atoms with Crippen LogP contribution in [-0.2, 0) is 9.59 Å². The highest BCUT2D eigenvalue weighted by Crippen LogP contribution is 2.60. The van der Waals surface area contributed by atoms with Gasteiger partial charge in [-0.05, 0) is 62.3 Å². The maximum Gasteiger partial charge on any atom is 0.271 e. The molecule has 0 spiro atoms. The molecule has 4 bridgehead atoms. The van der Waals surface area contributed by atoms with Gasteiger partial charge in [0.15, 0.2) is 0 Å². The van der Waals surface area contributed by atoms with Gasteiger partial charge in [-0.25, -0.2) is 0 Å². The Balaban J connectivity index is 1.27. The molecular formula is C20H25N3O4. The van der Waals surface area contributed by atoms with E-state index in [-0.39, 0.29) is 29.3 Å². The predicted molar refractivity (Wildman–Crippen MR) is 100.0 cm³/mol. The minimum atomic E-state index is -0.499. The van der Waals surface area contributed by atoms with E-state index in [2.05, 4.69) is 10.6 Å². The van der Waals surface area contributed by atoms with Crippen LogP contribution in [0.15, 0.2) is 24.3 Å². The van der Waals surface area contributed by atoms with E-state index in [1.54, 1.807) is 6.07 Å². The van der Waals surface area contributed by atoms with E-state index in [0.29, 0.717) is 30.0 Å². The first kappa shape index (κ1) is 17.9. The Labute approximate surface area is 158 Å². The van der Waals surface area contributed by atoms with E-state index in [0.717, 1.165) is 19.3 Å². The lowest BCUT2D eigenvalue weighted by atomic mass is 9.49. The lowest BCUT2D eigenvalue weighted by Gasteiger charge is -2.55. The molecule has 7 heteroatoms. The zero-order valence-corrected chi connectivity index (χ0v) is 15.3. The highest BCUT2D eigenvalue weighted by Gasteiger charge is 2.54. The van der Waals surface area contributed by atoms with Crippen molar-refractivity contribution in [2.45, 2.75) is 44.9 Å². The second-order valence-electron chi connectivity index (χ2n) is 8.56. The van der Waals surface area contributed by atoms with Crippen molar-refractivity contribution in [3.05, 3.63) is 34.4 Å². The van der Waals surface area contributed by atoms with Crippen molar-refractivity contribution in [1.82, 2.24) is 5.32 Å². The van der Waals surface area contributed by atoms with Gasteiger partial charge in [-0.3, -0.25) is 19.7 Å². The fourth-order valence-electron chi connectivity index (χ4n) is 5.79. The molecule has 2 amide bonds. The highest BCUT2D eigenvalue weighted by atomic mass is 16.6. The van der Waals surface area contributed by atoms with Gasteiger partial charge in [-0.15, -0.1) is 0 Å². The van der Waals surface area contributed by atoms with Crippen molar-refractivity contribution in [1.29, 1.82) is 0 Å². The summed E-state index contributed by atoms with van der Waals surface area (Å²) in [5.41, 5.74) is 0.121. The lowest BCUT2D eigenvalue weighted by molar-refractivity contribution is -0.384. The summed E-state index contributed by atoms with van der Waals surface area (Å²) in [7, 11) is 0. The van der Waals surface area contributed by atoms with Crippen molar-refractivity contribution in [2.75, 3.05) is 11.9 Å². The number of rotatable bonds is 6. The van der Waals surface area contributed by atoms with Crippen LogP contribution in [0.3, 0.4) is 0 Å². The molecule has 0 saturated heterocycles. The van der Waals surface area contributed by atoms with Crippen molar-refractivity contribution in [2.24, 2.45) is 23.2 Å². The minimum absolute atomic E-state index is 0.0667. The average molecular weight is 371 g/mol. The number of hydrogen-bond acceptors (Lipinski definition) is 4. The van der Waals surface area contributed by atoms with Crippen LogP contribution in [0.25, 0.3) is 0 Å². The smallest absolute Gasteiger partial charge is 0.271 e. The second-order valence-corrected chi connectivity index (χ2v) is 8.56. The van der Waals surface area contributed by atoms with Gasteiger partial charge in [0.2, 0.25) is 11.8 Å². The topological polar surface area (TPSA) is 101 Å². The number of non-ortho nitro benzene ring substituents is 1. The molecule has 2 N–H and O–H groups in total. The summed E-state index contributed by atoms with van der Waals surface area (Å²) in [5, 5.41) is 16.4. The van der Waals surface area contributed by atoms with Crippen LogP contribution in [-0.4, -0.2) is 23.3 Å². The highest BCUT2D eigenvalue weighted by molar-refractivity contribution is 5.91. The monoisotopic (exact) mass is 371 g/mol. The molecule has 0 atom stereocenters. The fourth-order valence-corrected chi connectivity index (χ4v) is 5.79. The molecule has 4 aliphatic rings. The normalized spacial score (nSPS) is 30.7. The Morgan fingerprint density at radius 2 is 1.74 bits per heavy atom. The number of anilines is 1. The fraction of sp³-hybridized carbons (Fsp3) is 0.600. The van der Waals surface area contributed by atoms with Crippen molar-refractivity contribution in [3.8, 4) is 0 Å². The molecule has 0 aliphatic heterocycles. The number of carbonyl (C=O) groups excluding carboxylic acids is 2. The molecule has 1 aromatic rings. The molecule has 1 aromatic carbocycles. The van der Waals surface area contributed by atoms with E-state index >= 15 is 0 Å². The van der Waals surface area contributed by atoms with E-state index in [1.807, 2.05) is 0 Å². The maximum atomic E-state index is 12.8. The molecule has 4 aliphatic carbocycles. The molecule has 5 rings (SSSR count). The summed E-state index contributed by atoms with van der Waals surface area (Å²) in [6.45, 7) is 0.293. The summed E-state index contributed by atoms with van der Waals surface area (Å²) >= 11 is 0. The Hall–Kier alpha value is -2.44. The van der Waals surface area contributed by atoms with Gasteiger partial charge in [0.1, 0.15) is 0 Å². The van der Waals surface area contributed by atoms with Crippen molar-refractivity contribution < 1.29 is 14.5 Å². The van der Waals surface area contributed by atoms with E-state index in [9.17, 15) is 19.7 Å². The molecule has 0 unspecified atom stereocenters. The zero-order valence-electron chi connectivity index (χ0n) is 15.3. The Bertz CT molecular complexity index is 741. The number of nitrogens with one attached hydrogen (secondary N) is 2. The Kier molecular flexibility index (Phi) is 4.61. The van der Waals surface area contributed by atoms with Crippen molar-refractivity contribution in [3.63, 3.8) is 0 Å². The first-order chi connectivity index (χ1) is 12.9. The molecule has 27 heavy (non-hydrogen) atoms. The van der Waals surface area contributed by atoms with Crippen LogP contribution in [0, 0.1) is 33.3 Å². The van der Waals surface area contributed by atoms with Gasteiger partial charge >= 0.3 is 0 Å². The first-order valence-corrected chi connectivity index (χ1v) is 9.76. The molecule has 7 nitrogen and oxygen atoms in total. The first-order valence-electron chi connectivity index (χ1n) is 9.76. The van der Waals surface area contributed by atoms with Gasteiger partial charge in [0.05, 0.1) is 4.92 Å². The third-order valence-electron chi connectivity index (χ3n) is 6.50. The average Bonchev–Trinajstić information content (AvgIpc) is 2.60. The SMILES string of the molecule is O=C(CCNC(=O)C12CC3CC(CC(C3)C1)C2)Nc1cccc([N+](=O)[O-])c1. The molecule has 0 aromatic heterocycles. The van der Waals surface area contributed by atoms with Gasteiger partial charge in [0.25, 0.3) is 5.69 Å². The lowest BCUT2D eigenvalue weighted by Crippen LogP contribution is -2.53. The van der Waals surface area contributed by atoms with Crippen LogP contribution >= 0.6 is 0 Å². The van der Waals surface area contributed by atoms with E-state index in [4.69, 9.17) is 0 Å². The summed E-state index contributed by atoms with van der Waals surface area (Å²) < 4.78 is 0. The van der Waals surface area contributed by atoms with Gasteiger partial charge in [-0.1, -0.05) is 6.07 Å². The largest absolute Gasteiger partial charge is 0.355 e. The van der Waals surface area contributed by atoms with E-state index < -0.39 is 4.92 Å². The van der Waals surface area contributed by atoms with Crippen LogP contribution in [0.4, 0.5) is 11.4 Å². The standard InChI is InChI=1S/C20H25N3O4/c24-18(22-16-2-1-3-17(9-16)23(26)27)4-5-21-19(25)20-10-13-6-14(11-20)8-15(7-13)12-20/h1-3,9,13-15H,4-8,10-12H2,(H,21,25)(H,22,24). The number of amides is 2. The number of carbonyl (C=O) groups is 2. The quantitative estimate of drug-likeness (QED) is 0.592. The van der Waals surface area contributed by atoms with Gasteiger partial charge < -0.3 is 10.6 Å². The van der Waals surface area contributed by atoms with Gasteiger partial charge in [0, 0.05) is 36.2 Å². The zero-order chi connectivity index (χ0) is 19.0. The van der Waals surface area contributed by atoms with Crippen LogP contribution in [0.2, 0.25) is 0 Å². The van der Waals surface area contributed by atoms with Gasteiger partial charge in [-0.2, -0.15) is 0 Å². The van der Waals surface area contributed by atoms with Crippen molar-refractivity contribution >= 4 is 23.2 Å². The third kappa shape index (κ3) is 3.68. The molecule has 4 saturated carbocycles. The maximum absolute atomic E-state index is 12.8. The number of nitro groups is 1. The van der Waals surface area contributed by atoms with Crippen LogP contribution < -0.4 is 10.6 Å². The summed E-state index contributed by atoms with van der Waals surface area (Å²) in [4.78, 5) is 35.2. The summed E-state index contributed by atoms with van der Waals surface area (Å²) in [5.74, 6) is 1.98. The molecule has 0 radical (unpaired) electrons. The second kappa shape index (κ2) is 6.94. The molecule has 4 fully saturated rings. The number of nitrogens with zero attached hydrogens (tertiary/aromatic N) is 1. The summed E-state index contributed by atoms with van der Waals surface area (Å²) in [6.07, 6.45) is 7.04.